The topological polar surface area (TPSA) is 96.5 Å². The Kier molecular flexibility index (Phi) is 1.86. The van der Waals surface area contributed by atoms with Crippen molar-refractivity contribution in [2.75, 3.05) is 0 Å². The highest BCUT2D eigenvalue weighted by atomic mass is 16.4. The molecule has 0 fully saturated rings. The summed E-state index contributed by atoms with van der Waals surface area (Å²) in [5.41, 5.74) is 0. The lowest BCUT2D eigenvalue weighted by Crippen LogP contribution is -2.10. The van der Waals surface area contributed by atoms with Gasteiger partial charge >= 0.3 is 5.97 Å². The number of hydrogen-bond donors (Lipinski definition) is 2. The van der Waals surface area contributed by atoms with Gasteiger partial charge in [-0.15, -0.1) is 10.2 Å². The van der Waals surface area contributed by atoms with Crippen LogP contribution in [0.25, 0.3) is 0 Å². The summed E-state index contributed by atoms with van der Waals surface area (Å²) in [4.78, 5) is 10.1. The van der Waals surface area contributed by atoms with Gasteiger partial charge in [-0.3, -0.25) is 0 Å². The second-order valence-corrected chi connectivity index (χ2v) is 1.90. The molecule has 1 atom stereocenters. The molecule has 0 aliphatic heterocycles. The fourth-order valence-corrected chi connectivity index (χ4v) is 0.528. The molecule has 0 aromatic carbocycles. The summed E-state index contributed by atoms with van der Waals surface area (Å²) in [6.07, 6.45) is -1.73. The molecule has 1 rings (SSSR count). The van der Waals surface area contributed by atoms with E-state index in [1.54, 1.807) is 0 Å². The van der Waals surface area contributed by atoms with Crippen LogP contribution in [-0.4, -0.2) is 26.4 Å². The number of aryl methyl sites for hydroxylation is 1. The number of nitrogens with zero attached hydrogens (tertiary/aromatic N) is 2. The van der Waals surface area contributed by atoms with Gasteiger partial charge in [-0.05, 0) is 0 Å². The summed E-state index contributed by atoms with van der Waals surface area (Å²) >= 11 is 0. The number of carbonyl (C=O) groups is 1. The Balaban J connectivity index is 2.84. The first-order valence-electron chi connectivity index (χ1n) is 2.82. The highest BCUT2D eigenvalue weighted by Crippen LogP contribution is 2.09. The van der Waals surface area contributed by atoms with Crippen LogP contribution in [0, 0.1) is 6.92 Å². The van der Waals surface area contributed by atoms with E-state index < -0.39 is 12.1 Å². The first-order valence-corrected chi connectivity index (χ1v) is 2.82. The van der Waals surface area contributed by atoms with Crippen molar-refractivity contribution in [3.05, 3.63) is 11.8 Å². The minimum Gasteiger partial charge on any atom is -0.479 e. The van der Waals surface area contributed by atoms with Gasteiger partial charge in [-0.2, -0.15) is 0 Å². The fourth-order valence-electron chi connectivity index (χ4n) is 0.528. The van der Waals surface area contributed by atoms with Gasteiger partial charge in [-0.25, -0.2) is 4.79 Å². The van der Waals surface area contributed by atoms with Gasteiger partial charge in [0, 0.05) is 6.92 Å². The molecular formula is C5H6N2O4. The number of aliphatic hydroxyl groups excluding tert-OH is 1. The molecule has 11 heavy (non-hydrogen) atoms. The minimum atomic E-state index is -1.73. The minimum absolute atomic E-state index is 0.223. The zero-order chi connectivity index (χ0) is 8.43. The molecule has 0 saturated heterocycles. The van der Waals surface area contributed by atoms with Crippen LogP contribution in [0.15, 0.2) is 4.42 Å². The number of rotatable bonds is 2. The molecule has 1 aromatic heterocycles. The van der Waals surface area contributed by atoms with Crippen molar-refractivity contribution in [3.8, 4) is 0 Å². The lowest BCUT2D eigenvalue weighted by molar-refractivity contribution is -0.148. The molecular weight excluding hydrogens is 152 g/mol. The third kappa shape index (κ3) is 1.53. The molecule has 0 spiro atoms. The molecule has 0 aliphatic carbocycles. The number of carboxylic acids is 1. The van der Waals surface area contributed by atoms with Crippen LogP contribution in [0.4, 0.5) is 0 Å². The summed E-state index contributed by atoms with van der Waals surface area (Å²) in [6, 6.07) is 0. The van der Waals surface area contributed by atoms with Gasteiger partial charge in [0.05, 0.1) is 0 Å². The van der Waals surface area contributed by atoms with E-state index in [-0.39, 0.29) is 11.8 Å². The summed E-state index contributed by atoms with van der Waals surface area (Å²) in [5.74, 6) is -1.48. The van der Waals surface area contributed by atoms with E-state index in [4.69, 9.17) is 10.2 Å². The third-order valence-corrected chi connectivity index (χ3v) is 1.01. The first-order chi connectivity index (χ1) is 5.11. The number of carboxylic acid groups (broad SMARTS) is 1. The molecule has 1 heterocycles. The van der Waals surface area contributed by atoms with Crippen molar-refractivity contribution in [2.45, 2.75) is 13.0 Å². The quantitative estimate of drug-likeness (QED) is 0.602. The van der Waals surface area contributed by atoms with Gasteiger partial charge in [-0.1, -0.05) is 0 Å². The zero-order valence-corrected chi connectivity index (χ0v) is 5.68. The van der Waals surface area contributed by atoms with Crippen LogP contribution in [0.5, 0.6) is 0 Å². The lowest BCUT2D eigenvalue weighted by Gasteiger charge is -1.95. The second kappa shape index (κ2) is 2.67. The Bertz CT molecular complexity index is 269. The standard InChI is InChI=1S/C5H6N2O4/c1-2-6-7-4(11-2)3(8)5(9)10/h3,8H,1H3,(H,9,10). The van der Waals surface area contributed by atoms with Gasteiger partial charge < -0.3 is 14.6 Å². The van der Waals surface area contributed by atoms with E-state index in [2.05, 4.69) is 14.6 Å². The second-order valence-electron chi connectivity index (χ2n) is 1.90. The SMILES string of the molecule is Cc1nnc(C(O)C(=O)O)o1. The van der Waals surface area contributed by atoms with Crippen molar-refractivity contribution >= 4 is 5.97 Å². The predicted octanol–water partition coefficient (Wildman–Crippen LogP) is -0.504. The Morgan fingerprint density at radius 1 is 1.64 bits per heavy atom. The van der Waals surface area contributed by atoms with Gasteiger partial charge in [0.25, 0.3) is 5.89 Å². The molecule has 2 N–H and O–H groups in total. The number of aliphatic carboxylic acids is 1. The largest absolute Gasteiger partial charge is 0.479 e. The molecule has 0 bridgehead atoms. The van der Waals surface area contributed by atoms with Crippen molar-refractivity contribution in [2.24, 2.45) is 0 Å². The van der Waals surface area contributed by atoms with Gasteiger partial charge in [0.2, 0.25) is 12.0 Å². The molecule has 0 aliphatic rings. The summed E-state index contributed by atoms with van der Waals surface area (Å²) in [6.45, 7) is 1.51. The van der Waals surface area contributed by atoms with Crippen LogP contribution in [0.1, 0.15) is 17.9 Å². The first kappa shape index (κ1) is 7.67. The number of hydrogen-bond acceptors (Lipinski definition) is 5. The van der Waals surface area contributed by atoms with Gasteiger partial charge in [0.1, 0.15) is 0 Å². The van der Waals surface area contributed by atoms with E-state index >= 15 is 0 Å². The van der Waals surface area contributed by atoms with Crippen LogP contribution in [0.2, 0.25) is 0 Å². The lowest BCUT2D eigenvalue weighted by atomic mass is 10.4. The maximum absolute atomic E-state index is 10.1. The van der Waals surface area contributed by atoms with Crippen molar-refractivity contribution in [1.82, 2.24) is 10.2 Å². The van der Waals surface area contributed by atoms with E-state index in [0.29, 0.717) is 0 Å². The highest BCUT2D eigenvalue weighted by Gasteiger charge is 2.21. The zero-order valence-electron chi connectivity index (χ0n) is 5.68. The van der Waals surface area contributed by atoms with Crippen molar-refractivity contribution < 1.29 is 19.4 Å². The maximum Gasteiger partial charge on any atom is 0.342 e. The fraction of sp³-hybridized carbons (Fsp3) is 0.400. The predicted molar refractivity (Wildman–Crippen MR) is 31.6 cm³/mol. The summed E-state index contributed by atoms with van der Waals surface area (Å²) in [7, 11) is 0. The molecule has 1 unspecified atom stereocenters. The molecule has 0 saturated carbocycles. The molecule has 1 aromatic rings. The Morgan fingerprint density at radius 2 is 2.27 bits per heavy atom. The normalized spacial score (nSPS) is 12.9. The maximum atomic E-state index is 10.1. The molecule has 6 nitrogen and oxygen atoms in total. The Morgan fingerprint density at radius 3 is 2.64 bits per heavy atom. The van der Waals surface area contributed by atoms with E-state index in [1.807, 2.05) is 0 Å². The van der Waals surface area contributed by atoms with Crippen LogP contribution in [0.3, 0.4) is 0 Å². The Hall–Kier alpha value is -1.43. The van der Waals surface area contributed by atoms with E-state index in [0.717, 1.165) is 0 Å². The monoisotopic (exact) mass is 158 g/mol. The molecule has 0 amide bonds. The van der Waals surface area contributed by atoms with Crippen LogP contribution >= 0.6 is 0 Å². The van der Waals surface area contributed by atoms with E-state index in [9.17, 15) is 4.79 Å². The molecule has 0 radical (unpaired) electrons. The van der Waals surface area contributed by atoms with Crippen LogP contribution in [-0.2, 0) is 4.79 Å². The smallest absolute Gasteiger partial charge is 0.342 e. The van der Waals surface area contributed by atoms with E-state index in [1.165, 1.54) is 6.92 Å². The molecule has 60 valence electrons. The third-order valence-electron chi connectivity index (χ3n) is 1.01. The van der Waals surface area contributed by atoms with Crippen molar-refractivity contribution in [3.63, 3.8) is 0 Å². The summed E-state index contributed by atoms with van der Waals surface area (Å²) in [5, 5.41) is 23.8. The molecule has 6 heteroatoms. The average Bonchev–Trinajstić information content (AvgIpc) is 2.34. The highest BCUT2D eigenvalue weighted by molar-refractivity contribution is 5.72. The van der Waals surface area contributed by atoms with Crippen LogP contribution < -0.4 is 0 Å². The average molecular weight is 158 g/mol. The summed E-state index contributed by atoms with van der Waals surface area (Å²) < 4.78 is 4.65. The van der Waals surface area contributed by atoms with Gasteiger partial charge in [0.15, 0.2) is 0 Å². The number of aliphatic hydroxyl groups is 1. The van der Waals surface area contributed by atoms with Crippen molar-refractivity contribution in [1.29, 1.82) is 0 Å². The number of aromatic nitrogens is 2. The Labute approximate surface area is 61.5 Å².